The van der Waals surface area contributed by atoms with Crippen LogP contribution in [-0.4, -0.2) is 11.7 Å². The van der Waals surface area contributed by atoms with Gasteiger partial charge in [-0.15, -0.1) is 11.6 Å². The van der Waals surface area contributed by atoms with Crippen molar-refractivity contribution >= 4 is 40.0 Å². The first-order chi connectivity index (χ1) is 6.11. The summed E-state index contributed by atoms with van der Waals surface area (Å²) < 4.78 is 13.6. The van der Waals surface area contributed by atoms with Crippen LogP contribution in [0.1, 0.15) is 5.56 Å². The van der Waals surface area contributed by atoms with Crippen molar-refractivity contribution in [3.63, 3.8) is 0 Å². The highest BCUT2D eigenvalue weighted by atomic mass is 127. The van der Waals surface area contributed by atoms with Crippen molar-refractivity contribution < 1.29 is 9.18 Å². The first-order valence-corrected chi connectivity index (χ1v) is 5.26. The van der Waals surface area contributed by atoms with Crippen LogP contribution in [0.3, 0.4) is 0 Å². The molecule has 0 aliphatic carbocycles. The Balaban J connectivity index is 2.83. The number of carbonyl (C=O) groups is 1. The summed E-state index contributed by atoms with van der Waals surface area (Å²) in [6.45, 7) is 0. The largest absolute Gasteiger partial charge is 0.298 e. The zero-order valence-electron chi connectivity index (χ0n) is 6.69. The number of halogens is 3. The van der Waals surface area contributed by atoms with E-state index in [0.717, 1.165) is 3.57 Å². The molecule has 0 spiro atoms. The fraction of sp³-hybridized carbons (Fsp3) is 0.222. The van der Waals surface area contributed by atoms with Gasteiger partial charge >= 0.3 is 0 Å². The lowest BCUT2D eigenvalue weighted by molar-refractivity contribution is -0.116. The van der Waals surface area contributed by atoms with Gasteiger partial charge in [0.2, 0.25) is 0 Å². The maximum absolute atomic E-state index is 12.8. The highest BCUT2D eigenvalue weighted by Crippen LogP contribution is 2.12. The van der Waals surface area contributed by atoms with Gasteiger partial charge < -0.3 is 0 Å². The van der Waals surface area contributed by atoms with E-state index in [9.17, 15) is 9.18 Å². The van der Waals surface area contributed by atoms with Crippen LogP contribution in [0.4, 0.5) is 4.39 Å². The maximum atomic E-state index is 12.8. The number of hydrogen-bond acceptors (Lipinski definition) is 1. The number of ketones is 1. The molecule has 0 aliphatic heterocycles. The monoisotopic (exact) mass is 312 g/mol. The summed E-state index contributed by atoms with van der Waals surface area (Å²) in [6.07, 6.45) is 0.206. The molecule has 13 heavy (non-hydrogen) atoms. The highest BCUT2D eigenvalue weighted by Gasteiger charge is 2.04. The Hall–Kier alpha value is -0.160. The maximum Gasteiger partial charge on any atom is 0.151 e. The van der Waals surface area contributed by atoms with E-state index < -0.39 is 0 Å². The van der Waals surface area contributed by atoms with Gasteiger partial charge in [0.25, 0.3) is 0 Å². The number of alkyl halides is 1. The zero-order chi connectivity index (χ0) is 9.84. The lowest BCUT2D eigenvalue weighted by Crippen LogP contribution is -2.04. The molecule has 0 unspecified atom stereocenters. The minimum absolute atomic E-state index is 0.0207. The van der Waals surface area contributed by atoms with E-state index in [1.165, 1.54) is 12.1 Å². The smallest absolute Gasteiger partial charge is 0.151 e. The summed E-state index contributed by atoms with van der Waals surface area (Å²) in [6, 6.07) is 4.54. The van der Waals surface area contributed by atoms with Crippen LogP contribution in [0.25, 0.3) is 0 Å². The normalized spacial score (nSPS) is 10.1. The third-order valence-electron chi connectivity index (χ3n) is 1.47. The quantitative estimate of drug-likeness (QED) is 0.619. The molecular weight excluding hydrogens is 305 g/mol. The van der Waals surface area contributed by atoms with Crippen molar-refractivity contribution in [3.8, 4) is 0 Å². The van der Waals surface area contributed by atoms with Gasteiger partial charge in [-0.1, -0.05) is 0 Å². The Kier molecular flexibility index (Phi) is 4.12. The van der Waals surface area contributed by atoms with Crippen molar-refractivity contribution in [1.82, 2.24) is 0 Å². The molecular formula is C9H7ClFIO. The minimum Gasteiger partial charge on any atom is -0.298 e. The van der Waals surface area contributed by atoms with Crippen molar-refractivity contribution in [3.05, 3.63) is 33.1 Å². The molecule has 0 fully saturated rings. The number of Topliss-reactive ketones (excluding diaryl/α,β-unsaturated/α-hetero) is 1. The molecule has 0 atom stereocenters. The number of benzene rings is 1. The third kappa shape index (κ3) is 3.60. The predicted octanol–water partition coefficient (Wildman–Crippen LogP) is 2.78. The van der Waals surface area contributed by atoms with Gasteiger partial charge in [0.1, 0.15) is 5.82 Å². The Morgan fingerprint density at radius 2 is 2.15 bits per heavy atom. The van der Waals surface area contributed by atoms with Gasteiger partial charge in [-0.3, -0.25) is 4.79 Å². The first kappa shape index (κ1) is 10.9. The second-order valence-electron chi connectivity index (χ2n) is 2.63. The SMILES string of the molecule is O=C(CCl)Cc1cc(F)cc(I)c1. The standard InChI is InChI=1S/C9H7ClFIO/c10-5-9(13)3-6-1-7(11)4-8(12)2-6/h1-2,4H,3,5H2. The van der Waals surface area contributed by atoms with E-state index >= 15 is 0 Å². The van der Waals surface area contributed by atoms with Crippen molar-refractivity contribution in [2.75, 3.05) is 5.88 Å². The first-order valence-electron chi connectivity index (χ1n) is 3.64. The van der Waals surface area contributed by atoms with Crippen molar-refractivity contribution in [1.29, 1.82) is 0 Å². The molecule has 0 radical (unpaired) electrons. The van der Waals surface area contributed by atoms with Crippen LogP contribution < -0.4 is 0 Å². The molecule has 0 aliphatic rings. The molecule has 0 N–H and O–H groups in total. The fourth-order valence-corrected chi connectivity index (χ4v) is 1.78. The van der Waals surface area contributed by atoms with E-state index in [1.54, 1.807) is 6.07 Å². The van der Waals surface area contributed by atoms with E-state index in [4.69, 9.17) is 11.6 Å². The van der Waals surface area contributed by atoms with Crippen LogP contribution in [0.15, 0.2) is 18.2 Å². The van der Waals surface area contributed by atoms with E-state index in [-0.39, 0.29) is 23.9 Å². The minimum atomic E-state index is -0.315. The van der Waals surface area contributed by atoms with Crippen LogP contribution in [0.5, 0.6) is 0 Å². The van der Waals surface area contributed by atoms with Gasteiger partial charge in [0, 0.05) is 9.99 Å². The molecule has 4 heteroatoms. The molecule has 70 valence electrons. The molecule has 0 aromatic heterocycles. The Morgan fingerprint density at radius 1 is 1.46 bits per heavy atom. The van der Waals surface area contributed by atoms with Gasteiger partial charge in [0.15, 0.2) is 5.78 Å². The highest BCUT2D eigenvalue weighted by molar-refractivity contribution is 14.1. The molecule has 1 rings (SSSR count). The molecule has 0 heterocycles. The Morgan fingerprint density at radius 3 is 2.69 bits per heavy atom. The number of rotatable bonds is 3. The van der Waals surface area contributed by atoms with E-state index in [1.807, 2.05) is 22.6 Å². The number of hydrogen-bond donors (Lipinski definition) is 0. The van der Waals surface area contributed by atoms with Crippen LogP contribution in [0, 0.1) is 9.39 Å². The summed E-state index contributed by atoms with van der Waals surface area (Å²) in [5, 5.41) is 0. The molecule has 1 nitrogen and oxygen atoms in total. The predicted molar refractivity (Wildman–Crippen MR) is 58.5 cm³/mol. The Labute approximate surface area is 94.4 Å². The Bertz CT molecular complexity index is 307. The van der Waals surface area contributed by atoms with Crippen LogP contribution >= 0.6 is 34.2 Å². The van der Waals surface area contributed by atoms with Gasteiger partial charge in [-0.2, -0.15) is 0 Å². The topological polar surface area (TPSA) is 17.1 Å². The van der Waals surface area contributed by atoms with Gasteiger partial charge in [-0.05, 0) is 46.4 Å². The van der Waals surface area contributed by atoms with Gasteiger partial charge in [0.05, 0.1) is 5.88 Å². The molecule has 1 aromatic rings. The second kappa shape index (κ2) is 4.91. The van der Waals surface area contributed by atoms with E-state index in [2.05, 4.69) is 0 Å². The number of carbonyl (C=O) groups excluding carboxylic acids is 1. The van der Waals surface area contributed by atoms with Crippen LogP contribution in [-0.2, 0) is 11.2 Å². The molecule has 0 amide bonds. The summed E-state index contributed by atoms with van der Waals surface area (Å²) in [4.78, 5) is 10.9. The summed E-state index contributed by atoms with van der Waals surface area (Å²) in [7, 11) is 0. The summed E-state index contributed by atoms with van der Waals surface area (Å²) in [5.41, 5.74) is 0.676. The average Bonchev–Trinajstić information content (AvgIpc) is 2.02. The second-order valence-corrected chi connectivity index (χ2v) is 4.14. The fourth-order valence-electron chi connectivity index (χ4n) is 0.988. The average molecular weight is 313 g/mol. The lowest BCUT2D eigenvalue weighted by atomic mass is 10.1. The summed E-state index contributed by atoms with van der Waals surface area (Å²) in [5.74, 6) is -0.431. The third-order valence-corrected chi connectivity index (χ3v) is 2.39. The molecule has 0 saturated heterocycles. The van der Waals surface area contributed by atoms with E-state index in [0.29, 0.717) is 5.56 Å². The zero-order valence-corrected chi connectivity index (χ0v) is 9.60. The van der Waals surface area contributed by atoms with Gasteiger partial charge in [-0.25, -0.2) is 4.39 Å². The van der Waals surface area contributed by atoms with Crippen LogP contribution in [0.2, 0.25) is 0 Å². The molecule has 1 aromatic carbocycles. The lowest BCUT2D eigenvalue weighted by Gasteiger charge is -1.99. The summed E-state index contributed by atoms with van der Waals surface area (Å²) >= 11 is 7.34. The molecule has 0 bridgehead atoms. The van der Waals surface area contributed by atoms with Crippen molar-refractivity contribution in [2.24, 2.45) is 0 Å². The molecule has 0 saturated carbocycles. The van der Waals surface area contributed by atoms with Crippen molar-refractivity contribution in [2.45, 2.75) is 6.42 Å².